The van der Waals surface area contributed by atoms with Gasteiger partial charge < -0.3 is 10.2 Å². The molecule has 1 aromatic carbocycles. The van der Waals surface area contributed by atoms with E-state index in [1.54, 1.807) is 6.33 Å². The molecule has 2 aliphatic rings. The summed E-state index contributed by atoms with van der Waals surface area (Å²) in [4.78, 5) is 23.8. The van der Waals surface area contributed by atoms with Gasteiger partial charge >= 0.3 is 0 Å². The third-order valence-corrected chi connectivity index (χ3v) is 5.22. The monoisotopic (exact) mass is 324 g/mol. The number of carbonyl (C=O) groups excluding carboxylic acids is 1. The molecule has 0 bridgehead atoms. The number of nitrogens with zero attached hydrogens (tertiary/aromatic N) is 3. The zero-order valence-electron chi connectivity index (χ0n) is 14.0. The quantitative estimate of drug-likeness (QED) is 0.941. The molecule has 2 heterocycles. The van der Waals surface area contributed by atoms with Crippen LogP contribution in [0.4, 0.5) is 5.82 Å². The first-order valence-electron chi connectivity index (χ1n) is 9.12. The summed E-state index contributed by atoms with van der Waals surface area (Å²) in [5, 5.41) is 4.18. The molecule has 5 heteroatoms. The van der Waals surface area contributed by atoms with Gasteiger partial charge in [-0.05, 0) is 43.9 Å². The molecular formula is C19H24N4O. The van der Waals surface area contributed by atoms with Gasteiger partial charge in [0, 0.05) is 30.1 Å². The minimum absolute atomic E-state index is 0.0278. The van der Waals surface area contributed by atoms with Crippen molar-refractivity contribution in [3.8, 4) is 0 Å². The zero-order chi connectivity index (χ0) is 16.4. The van der Waals surface area contributed by atoms with E-state index < -0.39 is 0 Å². The van der Waals surface area contributed by atoms with E-state index >= 15 is 0 Å². The highest BCUT2D eigenvalue weighted by molar-refractivity contribution is 6.00. The maximum absolute atomic E-state index is 12.6. The topological polar surface area (TPSA) is 58.1 Å². The van der Waals surface area contributed by atoms with Crippen molar-refractivity contribution >= 4 is 22.6 Å². The predicted octanol–water partition coefficient (Wildman–Crippen LogP) is 3.29. The summed E-state index contributed by atoms with van der Waals surface area (Å²) in [6.07, 6.45) is 9.95. The molecule has 1 saturated carbocycles. The largest absolute Gasteiger partial charge is 0.356 e. The number of anilines is 1. The van der Waals surface area contributed by atoms with Crippen LogP contribution in [-0.4, -0.2) is 35.0 Å². The van der Waals surface area contributed by atoms with Crippen LogP contribution in [0, 0.1) is 0 Å². The summed E-state index contributed by atoms with van der Waals surface area (Å²) in [6.45, 7) is 2.06. The number of benzene rings is 1. The Morgan fingerprint density at radius 1 is 1.04 bits per heavy atom. The standard InChI is InChI=1S/C19H24N4O/c24-19(22-15-6-2-1-3-7-15)14-8-9-17-16(12-14)18(21-13-20-17)23-10-4-5-11-23/h8-9,12-13,15H,1-7,10-11H2,(H,22,24). The second-order valence-electron chi connectivity index (χ2n) is 6.93. The van der Waals surface area contributed by atoms with Crippen LogP contribution in [0.15, 0.2) is 24.5 Å². The number of amides is 1. The molecule has 1 aliphatic carbocycles. The highest BCUT2D eigenvalue weighted by Gasteiger charge is 2.19. The summed E-state index contributed by atoms with van der Waals surface area (Å²) in [6, 6.07) is 6.10. The number of hydrogen-bond acceptors (Lipinski definition) is 4. The fourth-order valence-corrected chi connectivity index (χ4v) is 3.88. The molecule has 2 aromatic rings. The van der Waals surface area contributed by atoms with Crippen molar-refractivity contribution in [3.63, 3.8) is 0 Å². The molecule has 1 N–H and O–H groups in total. The van der Waals surface area contributed by atoms with Crippen LogP contribution < -0.4 is 10.2 Å². The third kappa shape index (κ3) is 3.07. The number of fused-ring (bicyclic) bond motifs is 1. The zero-order valence-corrected chi connectivity index (χ0v) is 14.0. The summed E-state index contributed by atoms with van der Waals surface area (Å²) in [5.41, 5.74) is 1.62. The van der Waals surface area contributed by atoms with Crippen molar-refractivity contribution in [2.24, 2.45) is 0 Å². The van der Waals surface area contributed by atoms with E-state index in [1.165, 1.54) is 32.1 Å². The van der Waals surface area contributed by atoms with E-state index in [0.717, 1.165) is 42.7 Å². The van der Waals surface area contributed by atoms with E-state index in [1.807, 2.05) is 18.2 Å². The molecule has 126 valence electrons. The van der Waals surface area contributed by atoms with Crippen molar-refractivity contribution in [2.75, 3.05) is 18.0 Å². The Morgan fingerprint density at radius 2 is 1.83 bits per heavy atom. The molecule has 0 atom stereocenters. The average molecular weight is 324 g/mol. The predicted molar refractivity (Wildman–Crippen MR) is 95.3 cm³/mol. The van der Waals surface area contributed by atoms with Gasteiger partial charge in [-0.25, -0.2) is 9.97 Å². The fourth-order valence-electron chi connectivity index (χ4n) is 3.88. The van der Waals surface area contributed by atoms with Crippen molar-refractivity contribution in [3.05, 3.63) is 30.1 Å². The fraction of sp³-hybridized carbons (Fsp3) is 0.526. The second kappa shape index (κ2) is 6.75. The van der Waals surface area contributed by atoms with Gasteiger partial charge in [0.05, 0.1) is 5.52 Å². The Hall–Kier alpha value is -2.17. The number of carbonyl (C=O) groups is 1. The van der Waals surface area contributed by atoms with Gasteiger partial charge in [-0.3, -0.25) is 4.79 Å². The number of aromatic nitrogens is 2. The molecule has 24 heavy (non-hydrogen) atoms. The highest BCUT2D eigenvalue weighted by Crippen LogP contribution is 2.27. The van der Waals surface area contributed by atoms with Gasteiger partial charge in [-0.2, -0.15) is 0 Å². The highest BCUT2D eigenvalue weighted by atomic mass is 16.1. The smallest absolute Gasteiger partial charge is 0.251 e. The van der Waals surface area contributed by atoms with Gasteiger partial charge in [-0.15, -0.1) is 0 Å². The van der Waals surface area contributed by atoms with Crippen LogP contribution in [0.25, 0.3) is 10.9 Å². The van der Waals surface area contributed by atoms with Crippen LogP contribution in [0.5, 0.6) is 0 Å². The molecule has 1 amide bonds. The van der Waals surface area contributed by atoms with Crippen LogP contribution in [0.2, 0.25) is 0 Å². The van der Waals surface area contributed by atoms with Gasteiger partial charge in [0.1, 0.15) is 12.1 Å². The summed E-state index contributed by atoms with van der Waals surface area (Å²) < 4.78 is 0. The lowest BCUT2D eigenvalue weighted by molar-refractivity contribution is 0.0928. The first kappa shape index (κ1) is 15.4. The van der Waals surface area contributed by atoms with Crippen LogP contribution in [0.3, 0.4) is 0 Å². The molecule has 1 saturated heterocycles. The summed E-state index contributed by atoms with van der Waals surface area (Å²) in [7, 11) is 0. The van der Waals surface area contributed by atoms with Gasteiger partial charge in [0.15, 0.2) is 0 Å². The number of nitrogens with one attached hydrogen (secondary N) is 1. The number of rotatable bonds is 3. The number of hydrogen-bond donors (Lipinski definition) is 1. The molecule has 2 fully saturated rings. The van der Waals surface area contributed by atoms with Crippen LogP contribution in [-0.2, 0) is 0 Å². The van der Waals surface area contributed by atoms with E-state index in [4.69, 9.17) is 0 Å². The van der Waals surface area contributed by atoms with Crippen LogP contribution in [0.1, 0.15) is 55.3 Å². The SMILES string of the molecule is O=C(NC1CCCCC1)c1ccc2ncnc(N3CCCC3)c2c1. The first-order chi connectivity index (χ1) is 11.8. The van der Waals surface area contributed by atoms with E-state index in [-0.39, 0.29) is 5.91 Å². The third-order valence-electron chi connectivity index (χ3n) is 5.22. The van der Waals surface area contributed by atoms with Gasteiger partial charge in [-0.1, -0.05) is 19.3 Å². The Kier molecular flexibility index (Phi) is 4.32. The Bertz CT molecular complexity index is 733. The van der Waals surface area contributed by atoms with Crippen molar-refractivity contribution in [2.45, 2.75) is 51.0 Å². The normalized spacial score (nSPS) is 18.9. The molecule has 0 radical (unpaired) electrons. The van der Waals surface area contributed by atoms with Crippen LogP contribution >= 0.6 is 0 Å². The van der Waals surface area contributed by atoms with E-state index in [2.05, 4.69) is 20.2 Å². The molecule has 0 spiro atoms. The molecule has 1 aliphatic heterocycles. The Balaban J connectivity index is 1.61. The first-order valence-corrected chi connectivity index (χ1v) is 9.12. The average Bonchev–Trinajstić information content (AvgIpc) is 3.16. The lowest BCUT2D eigenvalue weighted by Crippen LogP contribution is -2.36. The van der Waals surface area contributed by atoms with Gasteiger partial charge in [0.25, 0.3) is 5.91 Å². The summed E-state index contributed by atoms with van der Waals surface area (Å²) >= 11 is 0. The molecule has 5 nitrogen and oxygen atoms in total. The summed E-state index contributed by atoms with van der Waals surface area (Å²) in [5.74, 6) is 0.991. The van der Waals surface area contributed by atoms with Crippen molar-refractivity contribution in [1.82, 2.24) is 15.3 Å². The lowest BCUT2D eigenvalue weighted by Gasteiger charge is -2.23. The van der Waals surface area contributed by atoms with E-state index in [9.17, 15) is 4.79 Å². The van der Waals surface area contributed by atoms with Crippen molar-refractivity contribution < 1.29 is 4.79 Å². The Morgan fingerprint density at radius 3 is 2.62 bits per heavy atom. The van der Waals surface area contributed by atoms with E-state index in [0.29, 0.717) is 11.6 Å². The minimum atomic E-state index is 0.0278. The molecular weight excluding hydrogens is 300 g/mol. The lowest BCUT2D eigenvalue weighted by atomic mass is 9.95. The minimum Gasteiger partial charge on any atom is -0.356 e. The van der Waals surface area contributed by atoms with Gasteiger partial charge in [0.2, 0.25) is 0 Å². The molecule has 4 rings (SSSR count). The molecule has 0 unspecified atom stereocenters. The maximum atomic E-state index is 12.6. The maximum Gasteiger partial charge on any atom is 0.251 e. The second-order valence-corrected chi connectivity index (χ2v) is 6.93. The molecule has 1 aromatic heterocycles. The van der Waals surface area contributed by atoms with Crippen molar-refractivity contribution in [1.29, 1.82) is 0 Å². The Labute approximate surface area is 142 Å².